The smallest absolute Gasteiger partial charge is 0.0752 e. The fraction of sp³-hybridized carbons (Fsp3) is 1.00. The van der Waals surface area contributed by atoms with E-state index in [1.165, 1.54) is 0 Å². The van der Waals surface area contributed by atoms with E-state index in [0.29, 0.717) is 0 Å². The van der Waals surface area contributed by atoms with E-state index in [4.69, 9.17) is 33.4 Å². The van der Waals surface area contributed by atoms with Gasteiger partial charge in [0, 0.05) is 0 Å². The Kier molecular flexibility index (Phi) is 4.66. The molecule has 0 rings (SSSR count). The molecular weight excluding hydrogens is 151 g/mol. The second-order valence-corrected chi connectivity index (χ2v) is 2.52. The Labute approximate surface area is 58.0 Å². The monoisotopic (exact) mass is 158 g/mol. The molecule has 2 N–H and O–H groups in total. The van der Waals surface area contributed by atoms with Crippen LogP contribution in [0.3, 0.4) is 0 Å². The molecule has 0 bridgehead atoms. The Bertz CT molecular complexity index is 52.0. The molecular formula is C4H8Cl2O2. The molecule has 0 aliphatic heterocycles. The first-order chi connectivity index (χ1) is 3.72. The summed E-state index contributed by atoms with van der Waals surface area (Å²) in [4.78, 5) is 0. The Morgan fingerprint density at radius 1 is 1.00 bits per heavy atom. The van der Waals surface area contributed by atoms with Crippen molar-refractivity contribution in [2.24, 2.45) is 0 Å². The lowest BCUT2D eigenvalue weighted by Crippen LogP contribution is -2.22. The molecule has 0 radical (unpaired) electrons. The van der Waals surface area contributed by atoms with Crippen molar-refractivity contribution in [3.8, 4) is 0 Å². The molecule has 0 amide bonds. The van der Waals surface area contributed by atoms with E-state index < -0.39 is 10.8 Å². The first kappa shape index (κ1) is 8.50. The van der Waals surface area contributed by atoms with Crippen LogP contribution in [0.1, 0.15) is 0 Å². The standard InChI is InChI=1S/C4H8Cl2O2/c5-3(1-7)4(6)2-8/h3-4,7-8H,1-2H2/t3-,4-/m0/s1. The first-order valence-corrected chi connectivity index (χ1v) is 3.09. The lowest BCUT2D eigenvalue weighted by Gasteiger charge is -2.08. The molecule has 0 aromatic carbocycles. The summed E-state index contributed by atoms with van der Waals surface area (Å²) in [6.45, 7) is -0.396. The number of rotatable bonds is 3. The maximum Gasteiger partial charge on any atom is 0.0752 e. The van der Waals surface area contributed by atoms with Crippen LogP contribution in [0.5, 0.6) is 0 Å². The number of hydrogen-bond acceptors (Lipinski definition) is 2. The van der Waals surface area contributed by atoms with Crippen LogP contribution in [-0.4, -0.2) is 34.2 Å². The number of alkyl halides is 2. The third-order valence-electron chi connectivity index (χ3n) is 0.741. The summed E-state index contributed by atoms with van der Waals surface area (Å²) in [6, 6.07) is 0. The molecule has 0 aliphatic carbocycles. The van der Waals surface area contributed by atoms with Crippen LogP contribution in [0.2, 0.25) is 0 Å². The summed E-state index contributed by atoms with van der Waals surface area (Å²) in [5, 5.41) is 15.5. The average Bonchev–Trinajstić information content (AvgIpc) is 1.84. The highest BCUT2D eigenvalue weighted by Crippen LogP contribution is 2.07. The third-order valence-corrected chi connectivity index (χ3v) is 1.75. The molecule has 2 atom stereocenters. The van der Waals surface area contributed by atoms with E-state index in [2.05, 4.69) is 0 Å². The van der Waals surface area contributed by atoms with E-state index in [-0.39, 0.29) is 13.2 Å². The molecule has 0 saturated carbocycles. The topological polar surface area (TPSA) is 40.5 Å². The predicted molar refractivity (Wildman–Crippen MR) is 33.5 cm³/mol. The SMILES string of the molecule is OC[C@H](Cl)[C@@H](Cl)CO. The summed E-state index contributed by atoms with van der Waals surface area (Å²) in [5.41, 5.74) is 0. The Hall–Kier alpha value is 0.500. The number of halogens is 2. The highest BCUT2D eigenvalue weighted by atomic mass is 35.5. The summed E-state index contributed by atoms with van der Waals surface area (Å²) >= 11 is 10.7. The highest BCUT2D eigenvalue weighted by molar-refractivity contribution is 6.30. The maximum atomic E-state index is 8.31. The molecule has 0 heterocycles. The van der Waals surface area contributed by atoms with Crippen LogP contribution in [0.4, 0.5) is 0 Å². The van der Waals surface area contributed by atoms with Gasteiger partial charge in [-0.15, -0.1) is 23.2 Å². The van der Waals surface area contributed by atoms with Gasteiger partial charge < -0.3 is 10.2 Å². The lowest BCUT2D eigenvalue weighted by molar-refractivity contribution is 0.249. The molecule has 4 heteroatoms. The van der Waals surface area contributed by atoms with Gasteiger partial charge in [0.25, 0.3) is 0 Å². The first-order valence-electron chi connectivity index (χ1n) is 2.22. The van der Waals surface area contributed by atoms with Crippen LogP contribution in [-0.2, 0) is 0 Å². The molecule has 0 saturated heterocycles. The Morgan fingerprint density at radius 3 is 1.38 bits per heavy atom. The summed E-state index contributed by atoms with van der Waals surface area (Å²) < 4.78 is 0. The average molecular weight is 159 g/mol. The minimum Gasteiger partial charge on any atom is -0.395 e. The summed E-state index contributed by atoms with van der Waals surface area (Å²) in [6.07, 6.45) is 0. The van der Waals surface area contributed by atoms with E-state index in [0.717, 1.165) is 0 Å². The van der Waals surface area contributed by atoms with E-state index in [9.17, 15) is 0 Å². The van der Waals surface area contributed by atoms with Gasteiger partial charge in [-0.3, -0.25) is 0 Å². The van der Waals surface area contributed by atoms with Crippen LogP contribution < -0.4 is 0 Å². The van der Waals surface area contributed by atoms with Crippen molar-refractivity contribution in [1.82, 2.24) is 0 Å². The second-order valence-electron chi connectivity index (χ2n) is 1.40. The minimum absolute atomic E-state index is 0.198. The zero-order valence-electron chi connectivity index (χ0n) is 4.22. The van der Waals surface area contributed by atoms with Crippen molar-refractivity contribution < 1.29 is 10.2 Å². The number of aliphatic hydroxyl groups is 2. The largest absolute Gasteiger partial charge is 0.395 e. The van der Waals surface area contributed by atoms with Crippen molar-refractivity contribution in [2.45, 2.75) is 10.8 Å². The minimum atomic E-state index is -0.540. The van der Waals surface area contributed by atoms with Crippen LogP contribution >= 0.6 is 23.2 Å². The highest BCUT2D eigenvalue weighted by Gasteiger charge is 2.13. The van der Waals surface area contributed by atoms with Crippen LogP contribution in [0, 0.1) is 0 Å². The molecule has 0 aromatic heterocycles. The second kappa shape index (κ2) is 4.39. The molecule has 0 aliphatic rings. The van der Waals surface area contributed by atoms with Gasteiger partial charge >= 0.3 is 0 Å². The van der Waals surface area contributed by atoms with Gasteiger partial charge in [-0.2, -0.15) is 0 Å². The molecule has 0 aromatic rings. The zero-order valence-corrected chi connectivity index (χ0v) is 5.73. The van der Waals surface area contributed by atoms with Gasteiger partial charge in [0.1, 0.15) is 0 Å². The molecule has 2 nitrogen and oxygen atoms in total. The van der Waals surface area contributed by atoms with Crippen molar-refractivity contribution >= 4 is 23.2 Å². The maximum absolute atomic E-state index is 8.31. The third kappa shape index (κ3) is 2.72. The van der Waals surface area contributed by atoms with Gasteiger partial charge in [0.2, 0.25) is 0 Å². The van der Waals surface area contributed by atoms with Crippen molar-refractivity contribution in [3.63, 3.8) is 0 Å². The van der Waals surface area contributed by atoms with Crippen molar-refractivity contribution in [2.75, 3.05) is 13.2 Å². The summed E-state index contributed by atoms with van der Waals surface area (Å²) in [5.74, 6) is 0. The van der Waals surface area contributed by atoms with Gasteiger partial charge in [-0.1, -0.05) is 0 Å². The normalized spacial score (nSPS) is 18.0. The lowest BCUT2D eigenvalue weighted by atomic mass is 10.3. The predicted octanol–water partition coefficient (Wildman–Crippen LogP) is 0.186. The van der Waals surface area contributed by atoms with E-state index in [1.54, 1.807) is 0 Å². The van der Waals surface area contributed by atoms with Gasteiger partial charge in [-0.25, -0.2) is 0 Å². The fourth-order valence-electron chi connectivity index (χ4n) is 0.229. The van der Waals surface area contributed by atoms with Crippen LogP contribution in [0.15, 0.2) is 0 Å². The Balaban J connectivity index is 3.29. The Morgan fingerprint density at radius 2 is 1.25 bits per heavy atom. The van der Waals surface area contributed by atoms with E-state index in [1.807, 2.05) is 0 Å². The van der Waals surface area contributed by atoms with Crippen LogP contribution in [0.25, 0.3) is 0 Å². The zero-order chi connectivity index (χ0) is 6.57. The number of aliphatic hydroxyl groups excluding tert-OH is 2. The van der Waals surface area contributed by atoms with Gasteiger partial charge in [-0.05, 0) is 0 Å². The van der Waals surface area contributed by atoms with E-state index >= 15 is 0 Å². The van der Waals surface area contributed by atoms with Crippen molar-refractivity contribution in [1.29, 1.82) is 0 Å². The quantitative estimate of drug-likeness (QED) is 0.577. The molecule has 0 fully saturated rings. The molecule has 0 spiro atoms. The van der Waals surface area contributed by atoms with Gasteiger partial charge in [0.05, 0.1) is 24.0 Å². The van der Waals surface area contributed by atoms with Crippen molar-refractivity contribution in [3.05, 3.63) is 0 Å². The summed E-state index contributed by atoms with van der Waals surface area (Å²) in [7, 11) is 0. The fourth-order valence-corrected chi connectivity index (χ4v) is 0.388. The molecule has 0 unspecified atom stereocenters. The molecule has 50 valence electrons. The number of hydrogen-bond donors (Lipinski definition) is 2. The molecule has 8 heavy (non-hydrogen) atoms. The van der Waals surface area contributed by atoms with Gasteiger partial charge in [0.15, 0.2) is 0 Å².